The number of H-pyrrole nitrogens is 1. The van der Waals surface area contributed by atoms with E-state index in [1.807, 2.05) is 0 Å². The lowest BCUT2D eigenvalue weighted by molar-refractivity contribution is 0.355. The zero-order valence-corrected chi connectivity index (χ0v) is 13.1. The summed E-state index contributed by atoms with van der Waals surface area (Å²) in [5, 5.41) is 4.37. The number of halogens is 1. The topological polar surface area (TPSA) is 88.6 Å². The number of aromatic nitrogens is 2. The zero-order chi connectivity index (χ0) is 16.1. The molecule has 2 N–H and O–H groups in total. The van der Waals surface area contributed by atoms with Gasteiger partial charge in [-0.2, -0.15) is 5.10 Å². The maximum absolute atomic E-state index is 11.3. The Labute approximate surface area is 131 Å². The van der Waals surface area contributed by atoms with E-state index in [0.717, 1.165) is 0 Å². The third-order valence-electron chi connectivity index (χ3n) is 2.76. The van der Waals surface area contributed by atoms with Crippen molar-refractivity contribution in [3.05, 3.63) is 44.8 Å². The average Bonchev–Trinajstić information content (AvgIpc) is 2.47. The number of aryl methyl sites for hydroxylation is 1. The van der Waals surface area contributed by atoms with Crippen LogP contribution in [0.5, 0.6) is 11.5 Å². The van der Waals surface area contributed by atoms with Crippen LogP contribution in [0.2, 0.25) is 5.02 Å². The SMILES string of the molecule is COc1ccc(/C=N\Nc2nc(C)cc(=O)[nH]2)c(Cl)c1OC. The van der Waals surface area contributed by atoms with Crippen LogP contribution in [-0.2, 0) is 0 Å². The van der Waals surface area contributed by atoms with Crippen molar-refractivity contribution in [1.29, 1.82) is 0 Å². The fourth-order valence-electron chi connectivity index (χ4n) is 1.80. The number of hydrogen-bond acceptors (Lipinski definition) is 6. The normalized spacial score (nSPS) is 10.7. The molecular formula is C14H15ClN4O3. The Morgan fingerprint density at radius 1 is 1.36 bits per heavy atom. The van der Waals surface area contributed by atoms with Crippen LogP contribution in [0.25, 0.3) is 0 Å². The minimum atomic E-state index is -0.255. The quantitative estimate of drug-likeness (QED) is 0.650. The zero-order valence-electron chi connectivity index (χ0n) is 12.3. The van der Waals surface area contributed by atoms with Gasteiger partial charge in [-0.1, -0.05) is 11.6 Å². The first-order valence-electron chi connectivity index (χ1n) is 6.32. The second-order valence-corrected chi connectivity index (χ2v) is 4.69. The molecule has 0 unspecified atom stereocenters. The van der Waals surface area contributed by atoms with Gasteiger partial charge in [0.15, 0.2) is 11.5 Å². The highest BCUT2D eigenvalue weighted by atomic mass is 35.5. The lowest BCUT2D eigenvalue weighted by atomic mass is 10.2. The van der Waals surface area contributed by atoms with Crippen molar-refractivity contribution in [2.75, 3.05) is 19.6 Å². The van der Waals surface area contributed by atoms with Gasteiger partial charge in [0, 0.05) is 17.3 Å². The van der Waals surface area contributed by atoms with Crippen molar-refractivity contribution in [3.63, 3.8) is 0 Å². The van der Waals surface area contributed by atoms with E-state index in [-0.39, 0.29) is 11.5 Å². The minimum Gasteiger partial charge on any atom is -0.493 e. The Bertz CT molecular complexity index is 758. The smallest absolute Gasteiger partial charge is 0.252 e. The number of hydrogen-bond donors (Lipinski definition) is 2. The number of aromatic amines is 1. The van der Waals surface area contributed by atoms with E-state index in [9.17, 15) is 4.79 Å². The van der Waals surface area contributed by atoms with E-state index in [0.29, 0.717) is 27.8 Å². The van der Waals surface area contributed by atoms with Crippen molar-refractivity contribution >= 4 is 23.8 Å². The van der Waals surface area contributed by atoms with Gasteiger partial charge < -0.3 is 9.47 Å². The molecule has 0 saturated heterocycles. The molecule has 0 amide bonds. The van der Waals surface area contributed by atoms with Gasteiger partial charge in [-0.3, -0.25) is 9.78 Å². The number of benzene rings is 1. The highest BCUT2D eigenvalue weighted by Gasteiger charge is 2.11. The largest absolute Gasteiger partial charge is 0.493 e. The van der Waals surface area contributed by atoms with Crippen molar-refractivity contribution in [2.45, 2.75) is 6.92 Å². The van der Waals surface area contributed by atoms with Crippen LogP contribution < -0.4 is 20.5 Å². The first kappa shape index (κ1) is 15.8. The Kier molecular flexibility index (Phi) is 5.00. The molecule has 2 rings (SSSR count). The Balaban J connectivity index is 2.21. The van der Waals surface area contributed by atoms with Crippen molar-refractivity contribution in [2.24, 2.45) is 5.10 Å². The Morgan fingerprint density at radius 3 is 2.77 bits per heavy atom. The summed E-state index contributed by atoms with van der Waals surface area (Å²) in [4.78, 5) is 17.9. The van der Waals surface area contributed by atoms with Crippen LogP contribution in [0.15, 0.2) is 28.1 Å². The molecule has 0 fully saturated rings. The van der Waals surface area contributed by atoms with Gasteiger partial charge in [-0.15, -0.1) is 0 Å². The lowest BCUT2D eigenvalue weighted by Crippen LogP contribution is -2.10. The summed E-state index contributed by atoms with van der Waals surface area (Å²) in [5.41, 5.74) is 3.60. The summed E-state index contributed by atoms with van der Waals surface area (Å²) in [6, 6.07) is 4.85. The third kappa shape index (κ3) is 3.56. The molecule has 22 heavy (non-hydrogen) atoms. The third-order valence-corrected chi connectivity index (χ3v) is 3.15. The molecule has 116 valence electrons. The second-order valence-electron chi connectivity index (χ2n) is 4.31. The van der Waals surface area contributed by atoms with E-state index in [1.54, 1.807) is 19.1 Å². The highest BCUT2D eigenvalue weighted by Crippen LogP contribution is 2.36. The number of nitrogens with one attached hydrogen (secondary N) is 2. The highest BCUT2D eigenvalue weighted by molar-refractivity contribution is 6.34. The molecule has 1 aromatic heterocycles. The number of anilines is 1. The fraction of sp³-hybridized carbons (Fsp3) is 0.214. The van der Waals surface area contributed by atoms with Crippen molar-refractivity contribution in [3.8, 4) is 11.5 Å². The maximum atomic E-state index is 11.3. The van der Waals surface area contributed by atoms with Crippen LogP contribution in [0.3, 0.4) is 0 Å². The number of hydrazone groups is 1. The number of methoxy groups -OCH3 is 2. The Hall–Kier alpha value is -2.54. The van der Waals surface area contributed by atoms with E-state index in [1.165, 1.54) is 26.5 Å². The van der Waals surface area contributed by atoms with Gasteiger partial charge in [0.2, 0.25) is 5.95 Å². The standard InChI is InChI=1S/C14H15ClN4O3/c1-8-6-11(20)18-14(17-8)19-16-7-9-4-5-10(21-2)13(22-3)12(9)15/h4-7H,1-3H3,(H2,17,18,19,20)/b16-7-. The number of nitrogens with zero attached hydrogens (tertiary/aromatic N) is 2. The first-order chi connectivity index (χ1) is 10.5. The van der Waals surface area contributed by atoms with Gasteiger partial charge in [-0.05, 0) is 19.1 Å². The molecular weight excluding hydrogens is 308 g/mol. The second kappa shape index (κ2) is 6.95. The molecule has 1 heterocycles. The molecule has 0 bridgehead atoms. The van der Waals surface area contributed by atoms with Crippen molar-refractivity contribution < 1.29 is 9.47 Å². The molecule has 0 atom stereocenters. The van der Waals surface area contributed by atoms with Crippen LogP contribution in [0.4, 0.5) is 5.95 Å². The van der Waals surface area contributed by atoms with Gasteiger partial charge in [0.25, 0.3) is 5.56 Å². The summed E-state index contributed by atoms with van der Waals surface area (Å²) in [6.07, 6.45) is 1.49. The van der Waals surface area contributed by atoms with Crippen molar-refractivity contribution in [1.82, 2.24) is 9.97 Å². The minimum absolute atomic E-state index is 0.248. The summed E-state index contributed by atoms with van der Waals surface area (Å²) in [6.45, 7) is 1.72. The molecule has 0 aliphatic carbocycles. The molecule has 7 nitrogen and oxygen atoms in total. The molecule has 0 spiro atoms. The predicted molar refractivity (Wildman–Crippen MR) is 85.4 cm³/mol. The molecule has 8 heteroatoms. The summed E-state index contributed by atoms with van der Waals surface area (Å²) in [7, 11) is 3.04. The fourth-order valence-corrected chi connectivity index (χ4v) is 2.08. The van der Waals surface area contributed by atoms with E-state index in [4.69, 9.17) is 21.1 Å². The molecule has 0 radical (unpaired) electrons. The van der Waals surface area contributed by atoms with Gasteiger partial charge in [0.05, 0.1) is 25.5 Å². The molecule has 0 aliphatic heterocycles. The summed E-state index contributed by atoms with van der Waals surface area (Å²) >= 11 is 6.23. The predicted octanol–water partition coefficient (Wildman–Crippen LogP) is 2.19. The van der Waals surface area contributed by atoms with Crippen LogP contribution in [0.1, 0.15) is 11.3 Å². The number of ether oxygens (including phenoxy) is 2. The average molecular weight is 323 g/mol. The molecule has 0 saturated carbocycles. The summed E-state index contributed by atoms with van der Waals surface area (Å²) < 4.78 is 10.4. The Morgan fingerprint density at radius 2 is 2.14 bits per heavy atom. The summed E-state index contributed by atoms with van der Waals surface area (Å²) in [5.74, 6) is 1.20. The molecule has 2 aromatic rings. The van der Waals surface area contributed by atoms with Crippen LogP contribution in [0, 0.1) is 6.92 Å². The van der Waals surface area contributed by atoms with Crippen LogP contribution >= 0.6 is 11.6 Å². The van der Waals surface area contributed by atoms with Gasteiger partial charge in [-0.25, -0.2) is 10.4 Å². The van der Waals surface area contributed by atoms with Gasteiger partial charge in [0.1, 0.15) is 0 Å². The maximum Gasteiger partial charge on any atom is 0.252 e. The number of rotatable bonds is 5. The van der Waals surface area contributed by atoms with E-state index in [2.05, 4.69) is 20.5 Å². The van der Waals surface area contributed by atoms with Crippen LogP contribution in [-0.4, -0.2) is 30.4 Å². The lowest BCUT2D eigenvalue weighted by Gasteiger charge is -2.10. The van der Waals surface area contributed by atoms with Gasteiger partial charge >= 0.3 is 0 Å². The van der Waals surface area contributed by atoms with E-state index >= 15 is 0 Å². The van der Waals surface area contributed by atoms with E-state index < -0.39 is 0 Å². The molecule has 1 aromatic carbocycles. The monoisotopic (exact) mass is 322 g/mol. The molecule has 0 aliphatic rings. The first-order valence-corrected chi connectivity index (χ1v) is 6.70.